The second-order valence-corrected chi connectivity index (χ2v) is 7.77. The standard InChI is InChI=1S/C18H24O6/c19-13-14(20)16(6-2-10-22-16)18(8-4-12-24-18)17(7-3-11-23-17)15(13)5-1-9-21-15/h1-12H2/t15-,16-,17+,18+/m0/s1. The van der Waals surface area contributed by atoms with Crippen molar-refractivity contribution in [2.45, 2.75) is 73.8 Å². The second kappa shape index (κ2) is 4.87. The van der Waals surface area contributed by atoms with Gasteiger partial charge in [-0.25, -0.2) is 0 Å². The van der Waals surface area contributed by atoms with Gasteiger partial charge in [-0.1, -0.05) is 0 Å². The quantitative estimate of drug-likeness (QED) is 0.622. The maximum Gasteiger partial charge on any atom is 0.236 e. The van der Waals surface area contributed by atoms with Gasteiger partial charge in [0.1, 0.15) is 11.2 Å². The SMILES string of the molecule is O=C1C(=O)[C@@]2(CCCO2)[C@]2(CCCO2)[C@@]2(CCCO2)[C@]12CCCO2. The first-order valence-electron chi connectivity index (χ1n) is 9.29. The fourth-order valence-corrected chi connectivity index (χ4v) is 6.21. The Morgan fingerprint density at radius 3 is 1.21 bits per heavy atom. The highest BCUT2D eigenvalue weighted by atomic mass is 16.6. The van der Waals surface area contributed by atoms with Gasteiger partial charge >= 0.3 is 0 Å². The number of carbonyl (C=O) groups is 2. The number of hydrogen-bond acceptors (Lipinski definition) is 6. The summed E-state index contributed by atoms with van der Waals surface area (Å²) in [7, 11) is 0. The molecule has 5 aliphatic rings. The first kappa shape index (κ1) is 15.4. The summed E-state index contributed by atoms with van der Waals surface area (Å²) in [5.41, 5.74) is -4.13. The van der Waals surface area contributed by atoms with Gasteiger partial charge in [0, 0.05) is 26.4 Å². The lowest BCUT2D eigenvalue weighted by Crippen LogP contribution is -2.84. The maximum atomic E-state index is 13.3. The lowest BCUT2D eigenvalue weighted by atomic mass is 9.52. The molecule has 5 fully saturated rings. The molecule has 0 bridgehead atoms. The van der Waals surface area contributed by atoms with Crippen molar-refractivity contribution >= 4 is 11.6 Å². The van der Waals surface area contributed by atoms with Crippen LogP contribution in [0.3, 0.4) is 0 Å². The third kappa shape index (κ3) is 1.41. The van der Waals surface area contributed by atoms with E-state index in [4.69, 9.17) is 18.9 Å². The van der Waals surface area contributed by atoms with Crippen LogP contribution in [0.2, 0.25) is 0 Å². The van der Waals surface area contributed by atoms with E-state index in [1.54, 1.807) is 0 Å². The normalized spacial score (nSPS) is 51.2. The number of Topliss-reactive ketones (excluding diaryl/α,β-unsaturated/α-hetero) is 2. The summed E-state index contributed by atoms with van der Waals surface area (Å²) in [6.07, 6.45) is 5.72. The van der Waals surface area contributed by atoms with E-state index in [-0.39, 0.29) is 0 Å². The van der Waals surface area contributed by atoms with Gasteiger partial charge in [-0.3, -0.25) is 9.59 Å². The number of rotatable bonds is 0. The Morgan fingerprint density at radius 1 is 0.542 bits per heavy atom. The van der Waals surface area contributed by atoms with Crippen LogP contribution in [-0.4, -0.2) is 60.4 Å². The fourth-order valence-electron chi connectivity index (χ4n) is 6.21. The molecule has 0 aromatic carbocycles. The Morgan fingerprint density at radius 2 is 0.917 bits per heavy atom. The Kier molecular flexibility index (Phi) is 3.14. The summed E-state index contributed by atoms with van der Waals surface area (Å²) in [4.78, 5) is 26.6. The van der Waals surface area contributed by atoms with E-state index >= 15 is 0 Å². The molecule has 1 saturated carbocycles. The largest absolute Gasteiger partial charge is 0.368 e. The fraction of sp³-hybridized carbons (Fsp3) is 0.889. The van der Waals surface area contributed by atoms with Crippen molar-refractivity contribution in [2.24, 2.45) is 0 Å². The summed E-state index contributed by atoms with van der Waals surface area (Å²) in [5.74, 6) is -0.880. The smallest absolute Gasteiger partial charge is 0.236 e. The zero-order valence-electron chi connectivity index (χ0n) is 13.9. The molecule has 0 radical (unpaired) electrons. The van der Waals surface area contributed by atoms with E-state index in [2.05, 4.69) is 0 Å². The molecule has 0 aromatic rings. The molecule has 24 heavy (non-hydrogen) atoms. The van der Waals surface area contributed by atoms with E-state index in [0.717, 1.165) is 25.7 Å². The lowest BCUT2D eigenvalue weighted by molar-refractivity contribution is -0.303. The number of fused-ring (bicyclic) bond motifs is 3. The predicted octanol–water partition coefficient (Wildman–Crippen LogP) is 1.33. The first-order valence-corrected chi connectivity index (χ1v) is 9.29. The van der Waals surface area contributed by atoms with Crippen LogP contribution in [0.15, 0.2) is 0 Å². The second-order valence-electron chi connectivity index (χ2n) is 7.77. The van der Waals surface area contributed by atoms with Crippen molar-refractivity contribution < 1.29 is 28.5 Å². The molecular weight excluding hydrogens is 312 g/mol. The topological polar surface area (TPSA) is 71.1 Å². The van der Waals surface area contributed by atoms with Crippen molar-refractivity contribution in [2.75, 3.05) is 26.4 Å². The van der Waals surface area contributed by atoms with Gasteiger partial charge in [0.25, 0.3) is 0 Å². The summed E-state index contributed by atoms with van der Waals surface area (Å²) in [5, 5.41) is 0. The van der Waals surface area contributed by atoms with Crippen LogP contribution in [0.4, 0.5) is 0 Å². The van der Waals surface area contributed by atoms with Crippen LogP contribution in [0.1, 0.15) is 51.4 Å². The van der Waals surface area contributed by atoms with Crippen LogP contribution in [0.25, 0.3) is 0 Å². The predicted molar refractivity (Wildman–Crippen MR) is 81.7 cm³/mol. The van der Waals surface area contributed by atoms with Gasteiger partial charge in [0.2, 0.25) is 11.6 Å². The summed E-state index contributed by atoms with van der Waals surface area (Å²) < 4.78 is 24.8. The van der Waals surface area contributed by atoms with Crippen molar-refractivity contribution in [1.29, 1.82) is 0 Å². The average Bonchev–Trinajstić information content (AvgIpc) is 3.40. The number of carbonyl (C=O) groups excluding carboxylic acids is 2. The molecule has 132 valence electrons. The van der Waals surface area contributed by atoms with Gasteiger partial charge in [-0.05, 0) is 51.4 Å². The Hall–Kier alpha value is -0.820. The Bertz CT molecular complexity index is 520. The molecular formula is C18H24O6. The van der Waals surface area contributed by atoms with E-state index in [1.807, 2.05) is 0 Å². The molecule has 4 saturated heterocycles. The zero-order chi connectivity index (χ0) is 16.5. The molecule has 4 aliphatic heterocycles. The molecule has 0 aromatic heterocycles. The number of hydrogen-bond donors (Lipinski definition) is 0. The molecule has 6 nitrogen and oxygen atoms in total. The first-order chi connectivity index (χ1) is 11.6. The summed E-state index contributed by atoms with van der Waals surface area (Å²) in [6.45, 7) is 2.14. The van der Waals surface area contributed by atoms with Crippen molar-refractivity contribution in [3.05, 3.63) is 0 Å². The van der Waals surface area contributed by atoms with E-state index < -0.39 is 34.0 Å². The van der Waals surface area contributed by atoms with E-state index in [0.29, 0.717) is 52.1 Å². The van der Waals surface area contributed by atoms with Crippen LogP contribution >= 0.6 is 0 Å². The minimum absolute atomic E-state index is 0.440. The lowest BCUT2D eigenvalue weighted by Gasteiger charge is -2.61. The molecule has 6 heteroatoms. The van der Waals surface area contributed by atoms with Crippen LogP contribution < -0.4 is 0 Å². The molecule has 4 spiro atoms. The minimum atomic E-state index is -1.18. The Balaban J connectivity index is 1.78. The number of ketones is 2. The maximum absolute atomic E-state index is 13.3. The molecule has 0 amide bonds. The summed E-state index contributed by atoms with van der Waals surface area (Å²) in [6, 6.07) is 0. The van der Waals surface area contributed by atoms with Crippen molar-refractivity contribution in [3.8, 4) is 0 Å². The highest BCUT2D eigenvalue weighted by Gasteiger charge is 2.84. The van der Waals surface area contributed by atoms with Gasteiger partial charge < -0.3 is 18.9 Å². The highest BCUT2D eigenvalue weighted by molar-refractivity contribution is 6.45. The van der Waals surface area contributed by atoms with Crippen LogP contribution in [0.5, 0.6) is 0 Å². The van der Waals surface area contributed by atoms with Crippen molar-refractivity contribution in [3.63, 3.8) is 0 Å². The highest BCUT2D eigenvalue weighted by Crippen LogP contribution is 2.64. The molecule has 4 atom stereocenters. The monoisotopic (exact) mass is 336 g/mol. The van der Waals surface area contributed by atoms with Crippen molar-refractivity contribution in [1.82, 2.24) is 0 Å². The van der Waals surface area contributed by atoms with Gasteiger partial charge in [0.05, 0.1) is 0 Å². The molecule has 5 rings (SSSR count). The minimum Gasteiger partial charge on any atom is -0.368 e. The third-order valence-electron chi connectivity index (χ3n) is 6.98. The average molecular weight is 336 g/mol. The van der Waals surface area contributed by atoms with Gasteiger partial charge in [-0.2, -0.15) is 0 Å². The van der Waals surface area contributed by atoms with E-state index in [9.17, 15) is 9.59 Å². The summed E-state index contributed by atoms with van der Waals surface area (Å²) >= 11 is 0. The van der Waals surface area contributed by atoms with Crippen LogP contribution in [0, 0.1) is 0 Å². The zero-order valence-corrected chi connectivity index (χ0v) is 13.9. The molecule has 4 heterocycles. The van der Waals surface area contributed by atoms with E-state index in [1.165, 1.54) is 0 Å². The third-order valence-corrected chi connectivity index (χ3v) is 6.98. The Labute approximate surface area is 141 Å². The van der Waals surface area contributed by atoms with Crippen LogP contribution in [-0.2, 0) is 28.5 Å². The molecule has 0 N–H and O–H groups in total. The number of ether oxygens (including phenoxy) is 4. The molecule has 0 unspecified atom stereocenters. The molecule has 1 aliphatic carbocycles. The van der Waals surface area contributed by atoms with Gasteiger partial charge in [-0.15, -0.1) is 0 Å². The van der Waals surface area contributed by atoms with Gasteiger partial charge in [0.15, 0.2) is 11.2 Å².